The van der Waals surface area contributed by atoms with Gasteiger partial charge in [-0.3, -0.25) is 9.36 Å². The highest BCUT2D eigenvalue weighted by Crippen LogP contribution is 2.22. The zero-order valence-corrected chi connectivity index (χ0v) is 11.8. The van der Waals surface area contributed by atoms with Gasteiger partial charge >= 0.3 is 0 Å². The largest absolute Gasteiger partial charge is 0.325 e. The fourth-order valence-corrected chi connectivity index (χ4v) is 2.55. The van der Waals surface area contributed by atoms with Crippen molar-refractivity contribution in [2.24, 2.45) is 0 Å². The summed E-state index contributed by atoms with van der Waals surface area (Å²) in [5.41, 5.74) is 1.42. The summed E-state index contributed by atoms with van der Waals surface area (Å²) in [6.07, 6.45) is 1.70. The van der Waals surface area contributed by atoms with Crippen molar-refractivity contribution in [2.75, 3.05) is 0 Å². The summed E-state index contributed by atoms with van der Waals surface area (Å²) in [5.74, 6) is 0. The lowest BCUT2D eigenvalue weighted by atomic mass is 10.2. The van der Waals surface area contributed by atoms with Crippen LogP contribution in [0.5, 0.6) is 0 Å². The Hall–Kier alpha value is -1.39. The van der Waals surface area contributed by atoms with Crippen molar-refractivity contribution in [3.63, 3.8) is 0 Å². The summed E-state index contributed by atoms with van der Waals surface area (Å²) >= 11 is 11.5. The molecule has 1 aromatic carbocycles. The summed E-state index contributed by atoms with van der Waals surface area (Å²) < 4.78 is 3.77. The van der Waals surface area contributed by atoms with Crippen molar-refractivity contribution < 1.29 is 0 Å². The molecule has 2 aromatic rings. The molecule has 2 rings (SSSR count). The molecule has 0 spiro atoms. The van der Waals surface area contributed by atoms with E-state index in [2.05, 4.69) is 0 Å². The lowest BCUT2D eigenvalue weighted by molar-refractivity contribution is 0.685. The van der Waals surface area contributed by atoms with Gasteiger partial charge in [0.15, 0.2) is 4.77 Å². The van der Waals surface area contributed by atoms with Crippen LogP contribution in [0, 0.1) is 11.7 Å². The summed E-state index contributed by atoms with van der Waals surface area (Å²) in [5, 5.41) is 0.525. The van der Waals surface area contributed by atoms with Gasteiger partial charge in [0.2, 0.25) is 0 Å². The first-order valence-electron chi connectivity index (χ1n) is 5.64. The molecular weight excluding hydrogens is 268 g/mol. The Morgan fingerprint density at radius 1 is 1.33 bits per heavy atom. The minimum Gasteiger partial charge on any atom is -0.325 e. The van der Waals surface area contributed by atoms with Gasteiger partial charge in [-0.1, -0.05) is 23.7 Å². The van der Waals surface area contributed by atoms with Crippen LogP contribution in [0.25, 0.3) is 5.69 Å². The molecule has 1 aromatic heterocycles. The Kier molecular flexibility index (Phi) is 3.68. The lowest BCUT2D eigenvalue weighted by Gasteiger charge is -2.13. The first-order valence-corrected chi connectivity index (χ1v) is 6.43. The molecule has 0 aliphatic carbocycles. The molecule has 0 N–H and O–H groups in total. The van der Waals surface area contributed by atoms with Crippen LogP contribution in [-0.2, 0) is 6.54 Å². The summed E-state index contributed by atoms with van der Waals surface area (Å²) in [4.78, 5) is 12.0. The van der Waals surface area contributed by atoms with Crippen molar-refractivity contribution in [3.05, 3.63) is 56.2 Å². The average Bonchev–Trinajstić information content (AvgIpc) is 2.33. The van der Waals surface area contributed by atoms with Gasteiger partial charge in [-0.2, -0.15) is 0 Å². The molecule has 0 atom stereocenters. The van der Waals surface area contributed by atoms with E-state index in [0.717, 1.165) is 5.56 Å². The quantitative estimate of drug-likeness (QED) is 0.789. The Morgan fingerprint density at radius 3 is 2.67 bits per heavy atom. The molecule has 5 heteroatoms. The van der Waals surface area contributed by atoms with E-state index < -0.39 is 0 Å². The van der Waals surface area contributed by atoms with Crippen LogP contribution in [0.3, 0.4) is 0 Å². The van der Waals surface area contributed by atoms with Crippen LogP contribution < -0.4 is 5.56 Å². The van der Waals surface area contributed by atoms with E-state index >= 15 is 0 Å². The molecule has 18 heavy (non-hydrogen) atoms. The van der Waals surface area contributed by atoms with Gasteiger partial charge in [0, 0.05) is 18.8 Å². The summed E-state index contributed by atoms with van der Waals surface area (Å²) in [7, 11) is 0. The number of benzene rings is 1. The number of halogens is 1. The molecule has 0 aliphatic rings. The highest BCUT2D eigenvalue weighted by atomic mass is 35.5. The molecule has 0 bridgehead atoms. The third-order valence-corrected chi connectivity index (χ3v) is 3.53. The maximum atomic E-state index is 12.0. The van der Waals surface area contributed by atoms with Crippen LogP contribution in [0.4, 0.5) is 0 Å². The van der Waals surface area contributed by atoms with Crippen molar-refractivity contribution in [2.45, 2.75) is 20.4 Å². The molecule has 0 saturated heterocycles. The van der Waals surface area contributed by atoms with E-state index in [4.69, 9.17) is 23.8 Å². The molecule has 0 radical (unpaired) electrons. The van der Waals surface area contributed by atoms with E-state index in [0.29, 0.717) is 22.0 Å². The number of nitrogens with zero attached hydrogens (tertiary/aromatic N) is 2. The normalized spacial score (nSPS) is 10.6. The fraction of sp³-hybridized carbons (Fsp3) is 0.231. The lowest BCUT2D eigenvalue weighted by Crippen LogP contribution is -2.23. The zero-order valence-electron chi connectivity index (χ0n) is 10.2. The predicted octanol–water partition coefficient (Wildman–Crippen LogP) is 3.35. The number of para-hydroxylation sites is 1. The van der Waals surface area contributed by atoms with Gasteiger partial charge in [0.1, 0.15) is 0 Å². The van der Waals surface area contributed by atoms with Crippen LogP contribution in [-0.4, -0.2) is 9.13 Å². The second-order valence-electron chi connectivity index (χ2n) is 3.96. The molecule has 1 heterocycles. The van der Waals surface area contributed by atoms with Gasteiger partial charge in [-0.15, -0.1) is 0 Å². The summed E-state index contributed by atoms with van der Waals surface area (Å²) in [6.45, 7) is 4.60. The number of aromatic nitrogens is 2. The highest BCUT2D eigenvalue weighted by molar-refractivity contribution is 7.71. The molecule has 0 saturated carbocycles. The average molecular weight is 281 g/mol. The summed E-state index contributed by atoms with van der Waals surface area (Å²) in [6, 6.07) is 7.02. The van der Waals surface area contributed by atoms with Gasteiger partial charge in [0.25, 0.3) is 5.56 Å². The monoisotopic (exact) mass is 280 g/mol. The van der Waals surface area contributed by atoms with Crippen LogP contribution in [0.15, 0.2) is 35.3 Å². The predicted molar refractivity (Wildman–Crippen MR) is 76.3 cm³/mol. The molecule has 94 valence electrons. The second kappa shape index (κ2) is 5.08. The Balaban J connectivity index is 2.88. The third kappa shape index (κ3) is 2.13. The van der Waals surface area contributed by atoms with Gasteiger partial charge in [-0.05, 0) is 37.7 Å². The standard InChI is InChI=1S/C13H13ClN2OS/c1-3-15-8-7-11(17)16(13(15)18)12-9(2)5-4-6-10(12)14/h4-8H,3H2,1-2H3. The van der Waals surface area contributed by atoms with E-state index in [1.54, 1.807) is 12.3 Å². The maximum Gasteiger partial charge on any atom is 0.258 e. The SMILES string of the molecule is CCn1ccc(=O)n(-c2c(C)cccc2Cl)c1=S. The van der Waals surface area contributed by atoms with Gasteiger partial charge in [0.05, 0.1) is 10.7 Å². The number of hydrogen-bond donors (Lipinski definition) is 0. The number of aryl methyl sites for hydroxylation is 2. The highest BCUT2D eigenvalue weighted by Gasteiger charge is 2.10. The molecule has 3 nitrogen and oxygen atoms in total. The van der Waals surface area contributed by atoms with E-state index in [1.807, 2.05) is 30.5 Å². The zero-order chi connectivity index (χ0) is 13.3. The van der Waals surface area contributed by atoms with Crippen molar-refractivity contribution in [1.82, 2.24) is 9.13 Å². The van der Waals surface area contributed by atoms with Crippen LogP contribution in [0.2, 0.25) is 5.02 Å². The van der Waals surface area contributed by atoms with Crippen molar-refractivity contribution in [3.8, 4) is 5.69 Å². The molecular formula is C13H13ClN2OS. The molecule has 0 amide bonds. The van der Waals surface area contributed by atoms with E-state index in [9.17, 15) is 4.79 Å². The van der Waals surface area contributed by atoms with Crippen LogP contribution in [0.1, 0.15) is 12.5 Å². The van der Waals surface area contributed by atoms with Crippen molar-refractivity contribution in [1.29, 1.82) is 0 Å². The first-order chi connectivity index (χ1) is 8.56. The van der Waals surface area contributed by atoms with Gasteiger partial charge in [-0.25, -0.2) is 0 Å². The Labute approximate surface area is 115 Å². The minimum absolute atomic E-state index is 0.166. The fourth-order valence-electron chi connectivity index (χ4n) is 1.87. The number of rotatable bonds is 2. The second-order valence-corrected chi connectivity index (χ2v) is 4.74. The van der Waals surface area contributed by atoms with E-state index in [-0.39, 0.29) is 5.56 Å². The number of hydrogen-bond acceptors (Lipinski definition) is 2. The molecule has 0 unspecified atom stereocenters. The molecule has 0 fully saturated rings. The van der Waals surface area contributed by atoms with Crippen molar-refractivity contribution >= 4 is 23.8 Å². The first kappa shape index (κ1) is 13.1. The maximum absolute atomic E-state index is 12.0. The Morgan fingerprint density at radius 2 is 2.06 bits per heavy atom. The smallest absolute Gasteiger partial charge is 0.258 e. The third-order valence-electron chi connectivity index (χ3n) is 2.81. The topological polar surface area (TPSA) is 26.9 Å². The van der Waals surface area contributed by atoms with E-state index in [1.165, 1.54) is 10.6 Å². The minimum atomic E-state index is -0.166. The molecule has 0 aliphatic heterocycles. The Bertz CT molecular complexity index is 683. The van der Waals surface area contributed by atoms with Gasteiger partial charge < -0.3 is 4.57 Å². The van der Waals surface area contributed by atoms with Crippen LogP contribution >= 0.6 is 23.8 Å².